The van der Waals surface area contributed by atoms with Gasteiger partial charge in [0.05, 0.1) is 76.8 Å². The van der Waals surface area contributed by atoms with Crippen LogP contribution in [-0.2, 0) is 75.8 Å². The molecular weight excluding hydrogens is 1660 g/mol. The Labute approximate surface area is 715 Å². The van der Waals surface area contributed by atoms with Crippen LogP contribution in [0.2, 0.25) is 0 Å². The molecule has 124 heavy (non-hydrogen) atoms. The van der Waals surface area contributed by atoms with E-state index in [0.29, 0.717) is 38.5 Å². The molecule has 0 aromatic rings. The molecule has 720 valence electrons. The fourth-order valence-electron chi connectivity index (χ4n) is 22.8. The van der Waals surface area contributed by atoms with Gasteiger partial charge in [-0.25, -0.2) is 0 Å². The molecule has 50 atom stereocenters. The summed E-state index contributed by atoms with van der Waals surface area (Å²) < 4.78 is 95.7. The van der Waals surface area contributed by atoms with Crippen molar-refractivity contribution < 1.29 is 219 Å². The fourth-order valence-corrected chi connectivity index (χ4v) is 22.8. The molecule has 12 rings (SSSR count). The Kier molecular flexibility index (Phi) is 31.9. The predicted molar refractivity (Wildman–Crippen MR) is 407 cm³/mol. The fraction of sp³-hybridized carbons (Fsp3) is 0.975. The van der Waals surface area contributed by atoms with Crippen LogP contribution in [0.1, 0.15) is 121 Å². The first-order valence-electron chi connectivity index (χ1n) is 42.9. The van der Waals surface area contributed by atoms with Gasteiger partial charge in [-0.15, -0.1) is 0 Å². The van der Waals surface area contributed by atoms with E-state index in [0.717, 1.165) is 12.0 Å². The Morgan fingerprint density at radius 3 is 1.00 bits per heavy atom. The Balaban J connectivity index is 0.765. The standard InChI is InChI=1S/C80H136O44/c1-28(29-13-17-78(8)77(29,7)19-39(89)80(10)76(6)16-15-40(74(2,3)38(76)14-18-79(78,80)9)117-66-55(103)48(96)60(33(23-84)112-66)119-67-52(100)45(93)42(90)30(20-81)109-67)11-12-41(75(4,5)108)118-73-65(59(107)64(37(27-88)116-73)123-71-57(105)50(98)62(35(25-86)114-71)121-69-54(102)47(95)44(92)32(22-83)111-69)124-72-58(106)51(99)63(36(26-87)115-72)122-70-56(104)49(97)61(34(24-85)113-70)120-68-53(101)46(94)43(91)31(21-82)110-68/h14,28-37,39-73,81-108H,11-13,15-27H2,1-10H3/t28-,29?,30-,31-,32-,33-,34-,35-,36-,37-,39?,40+,41-,42-,43-,44-,45+,46+,47+,48-,49-,50-,51-,52-,53-,54-,55-,56-,57-,58-,59+,60-,61-,62-,63-,64-,65-,66?,67?,68?,69?,70?,71?,72?,73?,76-,77-,78-,79+,80+/m1/s1. The van der Waals surface area contributed by atoms with E-state index in [-0.39, 0.29) is 18.3 Å². The zero-order valence-electron chi connectivity index (χ0n) is 70.9. The molecule has 3 saturated carbocycles. The lowest BCUT2D eigenvalue weighted by molar-refractivity contribution is -0.405. The molecule has 0 bridgehead atoms. The zero-order chi connectivity index (χ0) is 91.4. The highest BCUT2D eigenvalue weighted by Crippen LogP contribution is 2.82. The first kappa shape index (κ1) is 101. The van der Waals surface area contributed by atoms with Crippen LogP contribution in [0.25, 0.3) is 0 Å². The SMILES string of the molecule is C[C@H](CC[C@@H](OC1O[C@H](CO)[C@@H](OC2O[C@H](CO)[C@@H](OC3O[C@H](CO)[C@@H](O)[C@H](O)[C@H]3O)[C@H](O)[C@H]2O)[C@H](O)[C@H]1OC1O[C@H](CO)[C@@H](OC2O[C@H](CO)[C@@H](OC3O[C@H](CO)[C@@H](O)[C@H](O)[C@H]3O)[C@H](O)[C@H]2O)[C@H](O)[C@H]1O)C(C)(C)O)C1CC[C@@]2(C)[C@]3(C)CC=C4C(C)(C)[C@@H](OC5O[C@H](CO)[C@@H](OC6O[C@H](CO)[C@@H](O)[C@H](O)[C@H]6O)[C@H](O)[C@H]5O)CC[C@@]4(C)[C@]3(C)C(O)C[C@]12C. The average molecular weight is 1800 g/mol. The van der Waals surface area contributed by atoms with Gasteiger partial charge in [0.25, 0.3) is 0 Å². The summed E-state index contributed by atoms with van der Waals surface area (Å²) in [5, 5.41) is 310. The average Bonchev–Trinajstić information content (AvgIpc) is 1.34. The van der Waals surface area contributed by atoms with E-state index in [9.17, 15) is 143 Å². The van der Waals surface area contributed by atoms with E-state index in [1.54, 1.807) is 0 Å². The number of rotatable bonds is 29. The van der Waals surface area contributed by atoms with E-state index < -0.39 is 355 Å². The van der Waals surface area contributed by atoms with Crippen LogP contribution in [-0.4, -0.2) is 465 Å². The van der Waals surface area contributed by atoms with E-state index in [4.69, 9.17) is 75.8 Å². The van der Waals surface area contributed by atoms with E-state index >= 15 is 0 Å². The maximum Gasteiger partial charge on any atom is 0.187 e. The first-order chi connectivity index (χ1) is 58.1. The number of fused-ring (bicyclic) bond motifs is 5. The third-order valence-corrected chi connectivity index (χ3v) is 30.9. The van der Waals surface area contributed by atoms with Crippen LogP contribution in [0.3, 0.4) is 0 Å². The van der Waals surface area contributed by atoms with Crippen LogP contribution < -0.4 is 0 Å². The summed E-state index contributed by atoms with van der Waals surface area (Å²) in [5.41, 5.74) is -4.79. The van der Waals surface area contributed by atoms with Crippen LogP contribution in [0.4, 0.5) is 0 Å². The van der Waals surface area contributed by atoms with Gasteiger partial charge >= 0.3 is 0 Å². The molecule has 8 aliphatic heterocycles. The van der Waals surface area contributed by atoms with Gasteiger partial charge in [-0.1, -0.05) is 67.0 Å². The third kappa shape index (κ3) is 17.7. The van der Waals surface area contributed by atoms with E-state index in [1.165, 1.54) is 13.8 Å². The minimum Gasteiger partial charge on any atom is -0.394 e. The molecule has 28 N–H and O–H groups in total. The molecular formula is C80H136O44. The summed E-state index contributed by atoms with van der Waals surface area (Å²) in [5.74, 6) is -0.299. The van der Waals surface area contributed by atoms with Gasteiger partial charge in [0.15, 0.2) is 50.3 Å². The molecule has 12 aliphatic rings. The quantitative estimate of drug-likeness (QED) is 0.0309. The van der Waals surface area contributed by atoms with Gasteiger partial charge in [0, 0.05) is 10.8 Å². The molecule has 0 amide bonds. The Bertz CT molecular complexity index is 3450. The number of allylic oxidation sites excluding steroid dienone is 1. The van der Waals surface area contributed by atoms with Gasteiger partial charge < -0.3 is 219 Å². The summed E-state index contributed by atoms with van der Waals surface area (Å²) in [6, 6.07) is 0. The topological polar surface area (TPSA) is 714 Å². The first-order valence-corrected chi connectivity index (χ1v) is 42.9. The molecule has 0 spiro atoms. The maximum atomic E-state index is 13.4. The van der Waals surface area contributed by atoms with Gasteiger partial charge in [0.1, 0.15) is 195 Å². The molecule has 44 heteroatoms. The molecule has 10 unspecified atom stereocenters. The minimum atomic E-state index is -2.34. The Morgan fingerprint density at radius 1 is 0.355 bits per heavy atom. The van der Waals surface area contributed by atoms with Gasteiger partial charge in [-0.05, 0) is 98.7 Å². The van der Waals surface area contributed by atoms with Crippen molar-refractivity contribution in [1.29, 1.82) is 0 Å². The number of hydrogen-bond acceptors (Lipinski definition) is 44. The highest BCUT2D eigenvalue weighted by Gasteiger charge is 2.78. The summed E-state index contributed by atoms with van der Waals surface area (Å²) >= 11 is 0. The maximum absolute atomic E-state index is 13.4. The van der Waals surface area contributed by atoms with Crippen LogP contribution in [0.15, 0.2) is 11.6 Å². The normalized spacial score (nSPS) is 53.0. The second kappa shape index (κ2) is 39.1. The summed E-state index contributed by atoms with van der Waals surface area (Å²) in [4.78, 5) is 0. The van der Waals surface area contributed by atoms with Crippen molar-refractivity contribution >= 4 is 0 Å². The number of ether oxygens (including phenoxy) is 16. The monoisotopic (exact) mass is 1800 g/mol. The second-order valence-corrected chi connectivity index (χ2v) is 38.3. The molecule has 0 aromatic heterocycles. The molecule has 4 aliphatic carbocycles. The lowest BCUT2D eigenvalue weighted by Crippen LogP contribution is -2.72. The minimum absolute atomic E-state index is 0.0166. The van der Waals surface area contributed by atoms with Crippen molar-refractivity contribution in [1.82, 2.24) is 0 Å². The summed E-state index contributed by atoms with van der Waals surface area (Å²) in [7, 11) is 0. The van der Waals surface area contributed by atoms with Gasteiger partial charge in [-0.2, -0.15) is 0 Å². The van der Waals surface area contributed by atoms with Gasteiger partial charge in [-0.3, -0.25) is 0 Å². The third-order valence-electron chi connectivity index (χ3n) is 30.9. The van der Waals surface area contributed by atoms with Crippen molar-refractivity contribution in [3.63, 3.8) is 0 Å². The number of hydrogen-bond donors (Lipinski definition) is 28. The molecule has 0 aromatic carbocycles. The van der Waals surface area contributed by atoms with Crippen LogP contribution >= 0.6 is 0 Å². The van der Waals surface area contributed by atoms with Crippen molar-refractivity contribution in [2.24, 2.45) is 44.3 Å². The second-order valence-electron chi connectivity index (χ2n) is 38.3. The largest absolute Gasteiger partial charge is 0.394 e. The number of aliphatic hydroxyl groups is 28. The molecule has 8 heterocycles. The van der Waals surface area contributed by atoms with Crippen LogP contribution in [0.5, 0.6) is 0 Å². The summed E-state index contributed by atoms with van der Waals surface area (Å²) in [6.45, 7) is 12.5. The Morgan fingerprint density at radius 2 is 0.661 bits per heavy atom. The van der Waals surface area contributed by atoms with Crippen molar-refractivity contribution in [2.45, 2.75) is 390 Å². The van der Waals surface area contributed by atoms with E-state index in [2.05, 4.69) is 47.6 Å². The molecule has 0 radical (unpaired) electrons. The molecule has 11 fully saturated rings. The van der Waals surface area contributed by atoms with Gasteiger partial charge in [0.2, 0.25) is 0 Å². The van der Waals surface area contributed by atoms with Crippen molar-refractivity contribution in [3.05, 3.63) is 11.6 Å². The predicted octanol–water partition coefficient (Wildman–Crippen LogP) is -11.2. The van der Waals surface area contributed by atoms with Crippen molar-refractivity contribution in [2.75, 3.05) is 52.9 Å². The smallest absolute Gasteiger partial charge is 0.187 e. The van der Waals surface area contributed by atoms with Crippen LogP contribution in [0, 0.1) is 44.3 Å². The molecule has 44 nitrogen and oxygen atoms in total. The molecule has 8 saturated heterocycles. The zero-order valence-corrected chi connectivity index (χ0v) is 70.9. The number of aliphatic hydroxyl groups excluding tert-OH is 27. The lowest BCUT2D eigenvalue weighted by Gasteiger charge is -2.75. The van der Waals surface area contributed by atoms with E-state index in [1.807, 2.05) is 13.8 Å². The van der Waals surface area contributed by atoms with Crippen molar-refractivity contribution in [3.8, 4) is 0 Å². The summed E-state index contributed by atoms with van der Waals surface area (Å²) in [6.07, 6.45) is -73.0. The highest BCUT2D eigenvalue weighted by molar-refractivity contribution is 5.39. The highest BCUT2D eigenvalue weighted by atomic mass is 16.8. The lowest BCUT2D eigenvalue weighted by atomic mass is 9.29. The Hall–Kier alpha value is -2.02.